The molecule has 0 atom stereocenters. The first-order chi connectivity index (χ1) is 12.2. The second kappa shape index (κ2) is 6.78. The zero-order valence-electron chi connectivity index (χ0n) is 13.2. The smallest absolute Gasteiger partial charge is 0.265 e. The molecule has 3 aromatic rings. The van der Waals surface area contributed by atoms with Crippen molar-refractivity contribution in [2.45, 2.75) is 18.8 Å². The quantitative estimate of drug-likeness (QED) is 0.691. The lowest BCUT2D eigenvalue weighted by Gasteiger charge is -2.06. The van der Waals surface area contributed by atoms with Crippen LogP contribution in [0.1, 0.15) is 44.5 Å². The molecule has 0 bridgehead atoms. The van der Waals surface area contributed by atoms with E-state index in [0.717, 1.165) is 5.69 Å². The number of amides is 2. The van der Waals surface area contributed by atoms with Crippen LogP contribution in [-0.2, 0) is 0 Å². The number of nitrogens with one attached hydrogen (secondary N) is 2. The van der Waals surface area contributed by atoms with Gasteiger partial charge in [-0.15, -0.1) is 22.7 Å². The normalized spacial score (nSPS) is 13.4. The molecule has 25 heavy (non-hydrogen) atoms. The lowest BCUT2D eigenvalue weighted by atomic mass is 10.2. The third-order valence-electron chi connectivity index (χ3n) is 3.87. The van der Waals surface area contributed by atoms with Gasteiger partial charge in [0.05, 0.1) is 10.6 Å². The average Bonchev–Trinajstić information content (AvgIpc) is 3.11. The van der Waals surface area contributed by atoms with Crippen LogP contribution < -0.4 is 10.6 Å². The number of thiazole rings is 1. The fourth-order valence-electron chi connectivity index (χ4n) is 2.42. The summed E-state index contributed by atoms with van der Waals surface area (Å²) in [6, 6.07) is 10.5. The number of carbonyl (C=O) groups excluding carboxylic acids is 2. The average molecular weight is 369 g/mol. The molecule has 2 amide bonds. The molecule has 1 aliphatic rings. The van der Waals surface area contributed by atoms with Gasteiger partial charge in [0.15, 0.2) is 5.13 Å². The molecule has 1 fully saturated rings. The highest BCUT2D eigenvalue weighted by Gasteiger charge is 2.26. The van der Waals surface area contributed by atoms with Crippen LogP contribution in [-0.4, -0.2) is 16.8 Å². The first kappa shape index (κ1) is 16.0. The number of carbonyl (C=O) groups is 2. The Balaban J connectivity index is 1.44. The van der Waals surface area contributed by atoms with Crippen LogP contribution in [0.4, 0.5) is 10.8 Å². The van der Waals surface area contributed by atoms with E-state index < -0.39 is 0 Å². The van der Waals surface area contributed by atoms with Gasteiger partial charge >= 0.3 is 0 Å². The molecular weight excluding hydrogens is 354 g/mol. The van der Waals surface area contributed by atoms with Crippen LogP contribution >= 0.6 is 22.7 Å². The summed E-state index contributed by atoms with van der Waals surface area (Å²) in [4.78, 5) is 29.6. The Labute approximate surface area is 152 Å². The SMILES string of the molecule is O=C(Nc1nc(C2CC2)cs1)c1cccc(NC(=O)c2cccs2)c1. The van der Waals surface area contributed by atoms with E-state index in [-0.39, 0.29) is 11.8 Å². The molecule has 0 unspecified atom stereocenters. The van der Waals surface area contributed by atoms with E-state index in [9.17, 15) is 9.59 Å². The molecule has 0 aliphatic heterocycles. The van der Waals surface area contributed by atoms with Crippen molar-refractivity contribution in [3.63, 3.8) is 0 Å². The number of anilines is 2. The summed E-state index contributed by atoms with van der Waals surface area (Å²) in [7, 11) is 0. The summed E-state index contributed by atoms with van der Waals surface area (Å²) in [5, 5.41) is 10.1. The fourth-order valence-corrected chi connectivity index (χ4v) is 3.82. The van der Waals surface area contributed by atoms with E-state index in [2.05, 4.69) is 15.6 Å². The fraction of sp³-hybridized carbons (Fsp3) is 0.167. The van der Waals surface area contributed by atoms with Gasteiger partial charge in [-0.25, -0.2) is 4.98 Å². The van der Waals surface area contributed by atoms with Gasteiger partial charge < -0.3 is 5.32 Å². The molecule has 1 saturated carbocycles. The first-order valence-electron chi connectivity index (χ1n) is 7.91. The van der Waals surface area contributed by atoms with E-state index in [4.69, 9.17) is 0 Å². The topological polar surface area (TPSA) is 71.1 Å². The Hall–Kier alpha value is -2.51. The lowest BCUT2D eigenvalue weighted by molar-refractivity contribution is 0.101. The number of hydrogen-bond donors (Lipinski definition) is 2. The number of aromatic nitrogens is 1. The number of thiophene rings is 1. The van der Waals surface area contributed by atoms with Crippen LogP contribution in [0.15, 0.2) is 47.2 Å². The van der Waals surface area contributed by atoms with Crippen molar-refractivity contribution in [1.29, 1.82) is 0 Å². The predicted molar refractivity (Wildman–Crippen MR) is 101 cm³/mol. The third-order valence-corrected chi connectivity index (χ3v) is 5.51. The largest absolute Gasteiger partial charge is 0.321 e. The van der Waals surface area contributed by atoms with Gasteiger partial charge in [-0.1, -0.05) is 12.1 Å². The van der Waals surface area contributed by atoms with E-state index in [1.165, 1.54) is 35.5 Å². The van der Waals surface area contributed by atoms with Gasteiger partial charge in [0.2, 0.25) is 0 Å². The summed E-state index contributed by atoms with van der Waals surface area (Å²) in [5.74, 6) is 0.156. The van der Waals surface area contributed by atoms with Crippen LogP contribution in [0.5, 0.6) is 0 Å². The van der Waals surface area contributed by atoms with Crippen LogP contribution in [0, 0.1) is 0 Å². The number of benzene rings is 1. The standard InChI is InChI=1S/C18H15N3O2S2/c22-16(21-18-20-14(10-25-18)11-6-7-11)12-3-1-4-13(9-12)19-17(23)15-5-2-8-24-15/h1-5,8-11H,6-7H2,(H,19,23)(H,20,21,22). The molecule has 7 heteroatoms. The number of nitrogens with zero attached hydrogens (tertiary/aromatic N) is 1. The summed E-state index contributed by atoms with van der Waals surface area (Å²) in [6.07, 6.45) is 2.37. The van der Waals surface area contributed by atoms with Gasteiger partial charge in [0.1, 0.15) is 0 Å². The Morgan fingerprint density at radius 2 is 1.92 bits per heavy atom. The van der Waals surface area contributed by atoms with Crippen molar-refractivity contribution in [3.05, 3.63) is 63.3 Å². The molecular formula is C18H15N3O2S2. The highest BCUT2D eigenvalue weighted by molar-refractivity contribution is 7.14. The number of hydrogen-bond acceptors (Lipinski definition) is 5. The molecule has 5 nitrogen and oxygen atoms in total. The van der Waals surface area contributed by atoms with E-state index in [1.807, 2.05) is 16.8 Å². The highest BCUT2D eigenvalue weighted by Crippen LogP contribution is 2.40. The van der Waals surface area contributed by atoms with Crippen molar-refractivity contribution in [3.8, 4) is 0 Å². The summed E-state index contributed by atoms with van der Waals surface area (Å²) in [6.45, 7) is 0. The molecule has 4 rings (SSSR count). The second-order valence-corrected chi connectivity index (χ2v) is 7.62. The maximum Gasteiger partial charge on any atom is 0.265 e. The van der Waals surface area contributed by atoms with Gasteiger partial charge in [0, 0.05) is 22.5 Å². The Morgan fingerprint density at radius 1 is 1.04 bits per heavy atom. The highest BCUT2D eigenvalue weighted by atomic mass is 32.1. The maximum absolute atomic E-state index is 12.4. The van der Waals surface area contributed by atoms with Crippen LogP contribution in [0.2, 0.25) is 0 Å². The monoisotopic (exact) mass is 369 g/mol. The van der Waals surface area contributed by atoms with Gasteiger partial charge in [-0.3, -0.25) is 14.9 Å². The minimum absolute atomic E-state index is 0.179. The zero-order chi connectivity index (χ0) is 17.2. The van der Waals surface area contributed by atoms with Crippen LogP contribution in [0.25, 0.3) is 0 Å². The van der Waals surface area contributed by atoms with Crippen LogP contribution in [0.3, 0.4) is 0 Å². The Kier molecular flexibility index (Phi) is 4.33. The molecule has 2 heterocycles. The molecule has 2 aromatic heterocycles. The molecule has 0 radical (unpaired) electrons. The van der Waals surface area contributed by atoms with E-state index >= 15 is 0 Å². The van der Waals surface area contributed by atoms with E-state index in [0.29, 0.717) is 27.2 Å². The van der Waals surface area contributed by atoms with Gasteiger partial charge in [-0.2, -0.15) is 0 Å². The Bertz CT molecular complexity index is 914. The first-order valence-corrected chi connectivity index (χ1v) is 9.66. The summed E-state index contributed by atoms with van der Waals surface area (Å²) < 4.78 is 0. The minimum atomic E-state index is -0.232. The molecule has 126 valence electrons. The van der Waals surface area contributed by atoms with E-state index in [1.54, 1.807) is 30.3 Å². The van der Waals surface area contributed by atoms with Crippen molar-refractivity contribution < 1.29 is 9.59 Å². The summed E-state index contributed by atoms with van der Waals surface area (Å²) in [5.41, 5.74) is 2.13. The molecule has 1 aliphatic carbocycles. The Morgan fingerprint density at radius 3 is 2.68 bits per heavy atom. The maximum atomic E-state index is 12.4. The van der Waals surface area contributed by atoms with Gasteiger partial charge in [-0.05, 0) is 42.5 Å². The van der Waals surface area contributed by atoms with Gasteiger partial charge in [0.25, 0.3) is 11.8 Å². The summed E-state index contributed by atoms with van der Waals surface area (Å²) >= 11 is 2.82. The lowest BCUT2D eigenvalue weighted by Crippen LogP contribution is -2.14. The van der Waals surface area contributed by atoms with Crippen molar-refractivity contribution in [1.82, 2.24) is 4.98 Å². The molecule has 0 saturated heterocycles. The molecule has 1 aromatic carbocycles. The van der Waals surface area contributed by atoms with Crippen molar-refractivity contribution >= 4 is 45.3 Å². The zero-order valence-corrected chi connectivity index (χ0v) is 14.8. The third kappa shape index (κ3) is 3.78. The number of rotatable bonds is 5. The minimum Gasteiger partial charge on any atom is -0.321 e. The molecule has 0 spiro atoms. The predicted octanol–water partition coefficient (Wildman–Crippen LogP) is 4.59. The van der Waals surface area contributed by atoms with Crippen molar-refractivity contribution in [2.24, 2.45) is 0 Å². The molecule has 2 N–H and O–H groups in total. The van der Waals surface area contributed by atoms with Crippen molar-refractivity contribution in [2.75, 3.05) is 10.6 Å². The second-order valence-electron chi connectivity index (χ2n) is 5.82.